The predicted molar refractivity (Wildman–Crippen MR) is 78.0 cm³/mol. The number of nitrogens with zero attached hydrogens (tertiary/aromatic N) is 3. The van der Waals surface area contributed by atoms with Crippen LogP contribution in [0.3, 0.4) is 0 Å². The van der Waals surface area contributed by atoms with Crippen molar-refractivity contribution in [3.05, 3.63) is 5.82 Å². The predicted octanol–water partition coefficient (Wildman–Crippen LogP) is 1.13. The first kappa shape index (κ1) is 13.8. The molecule has 1 unspecified atom stereocenters. The lowest BCUT2D eigenvalue weighted by Crippen LogP contribution is -2.37. The molecule has 1 aromatic rings. The number of H-pyrrole nitrogens is 1. The van der Waals surface area contributed by atoms with E-state index in [1.807, 2.05) is 7.05 Å². The summed E-state index contributed by atoms with van der Waals surface area (Å²) >= 11 is 0. The summed E-state index contributed by atoms with van der Waals surface area (Å²) in [7, 11) is 2.03. The quantitative estimate of drug-likeness (QED) is 0.865. The number of aromatic amines is 1. The van der Waals surface area contributed by atoms with Crippen molar-refractivity contribution in [2.75, 3.05) is 44.8 Å². The summed E-state index contributed by atoms with van der Waals surface area (Å²) in [6.45, 7) is 4.90. The Hall–Kier alpha value is -1.14. The van der Waals surface area contributed by atoms with Crippen LogP contribution in [0, 0.1) is 5.92 Å². The molecule has 0 saturated carbocycles. The Balaban J connectivity index is 1.57. The fourth-order valence-electron chi connectivity index (χ4n) is 3.17. The molecule has 6 nitrogen and oxygen atoms in total. The SMILES string of the molecule is CNCC1CCN(c2n[nH]c(C3CCCOC3)n2)CC1. The molecule has 0 amide bonds. The summed E-state index contributed by atoms with van der Waals surface area (Å²) in [6.07, 6.45) is 4.71. The van der Waals surface area contributed by atoms with Crippen LogP contribution in [0.1, 0.15) is 37.4 Å². The molecule has 20 heavy (non-hydrogen) atoms. The Morgan fingerprint density at radius 3 is 2.90 bits per heavy atom. The molecule has 3 heterocycles. The van der Waals surface area contributed by atoms with E-state index in [0.29, 0.717) is 5.92 Å². The molecule has 6 heteroatoms. The molecule has 0 radical (unpaired) electrons. The molecule has 0 aliphatic carbocycles. The van der Waals surface area contributed by atoms with Crippen LogP contribution in [-0.4, -0.2) is 55.1 Å². The van der Waals surface area contributed by atoms with Crippen molar-refractivity contribution in [3.8, 4) is 0 Å². The van der Waals surface area contributed by atoms with Crippen molar-refractivity contribution in [2.24, 2.45) is 5.92 Å². The van der Waals surface area contributed by atoms with E-state index in [-0.39, 0.29) is 0 Å². The van der Waals surface area contributed by atoms with E-state index in [1.165, 1.54) is 12.8 Å². The lowest BCUT2D eigenvalue weighted by atomic mass is 9.97. The fourth-order valence-corrected chi connectivity index (χ4v) is 3.17. The average Bonchev–Trinajstić information content (AvgIpc) is 2.99. The maximum absolute atomic E-state index is 5.52. The van der Waals surface area contributed by atoms with Gasteiger partial charge in [-0.15, -0.1) is 5.10 Å². The van der Waals surface area contributed by atoms with Gasteiger partial charge in [-0.2, -0.15) is 4.98 Å². The molecule has 2 aliphatic rings. The molecular formula is C14H25N5O. The van der Waals surface area contributed by atoms with Crippen molar-refractivity contribution in [1.29, 1.82) is 0 Å². The van der Waals surface area contributed by atoms with Crippen molar-refractivity contribution >= 4 is 5.95 Å². The lowest BCUT2D eigenvalue weighted by Gasteiger charge is -2.31. The minimum atomic E-state index is 0.395. The van der Waals surface area contributed by atoms with Crippen LogP contribution in [0.2, 0.25) is 0 Å². The van der Waals surface area contributed by atoms with Gasteiger partial charge in [0.25, 0.3) is 0 Å². The van der Waals surface area contributed by atoms with Crippen molar-refractivity contribution < 1.29 is 4.74 Å². The Morgan fingerprint density at radius 1 is 1.35 bits per heavy atom. The second-order valence-electron chi connectivity index (χ2n) is 5.92. The molecule has 2 N–H and O–H groups in total. The zero-order valence-electron chi connectivity index (χ0n) is 12.3. The minimum absolute atomic E-state index is 0.395. The monoisotopic (exact) mass is 279 g/mol. The molecule has 3 rings (SSSR count). The maximum atomic E-state index is 5.52. The Labute approximate surface area is 120 Å². The smallest absolute Gasteiger partial charge is 0.244 e. The minimum Gasteiger partial charge on any atom is -0.381 e. The first-order chi connectivity index (χ1) is 9.86. The largest absolute Gasteiger partial charge is 0.381 e. The highest BCUT2D eigenvalue weighted by Crippen LogP contribution is 2.25. The van der Waals surface area contributed by atoms with Gasteiger partial charge < -0.3 is 15.0 Å². The highest BCUT2D eigenvalue weighted by atomic mass is 16.5. The van der Waals surface area contributed by atoms with Gasteiger partial charge in [0, 0.05) is 25.6 Å². The number of nitrogens with one attached hydrogen (secondary N) is 2. The molecule has 0 aromatic carbocycles. The Kier molecular flexibility index (Phi) is 4.52. The van der Waals surface area contributed by atoms with Crippen LogP contribution < -0.4 is 10.2 Å². The molecule has 2 aliphatic heterocycles. The summed E-state index contributed by atoms with van der Waals surface area (Å²) in [5.74, 6) is 3.05. The zero-order valence-corrected chi connectivity index (χ0v) is 12.3. The number of piperidine rings is 1. The Bertz CT molecular complexity index is 407. The van der Waals surface area contributed by atoms with E-state index in [9.17, 15) is 0 Å². The maximum Gasteiger partial charge on any atom is 0.244 e. The molecule has 0 bridgehead atoms. The van der Waals surface area contributed by atoms with Gasteiger partial charge in [-0.25, -0.2) is 0 Å². The van der Waals surface area contributed by atoms with E-state index in [1.54, 1.807) is 0 Å². The summed E-state index contributed by atoms with van der Waals surface area (Å²) in [6, 6.07) is 0. The van der Waals surface area contributed by atoms with E-state index < -0.39 is 0 Å². The molecule has 1 aromatic heterocycles. The van der Waals surface area contributed by atoms with Crippen LogP contribution in [0.15, 0.2) is 0 Å². The number of anilines is 1. The highest BCUT2D eigenvalue weighted by molar-refractivity contribution is 5.30. The van der Waals surface area contributed by atoms with E-state index in [2.05, 4.69) is 20.4 Å². The van der Waals surface area contributed by atoms with Gasteiger partial charge in [0.05, 0.1) is 6.61 Å². The molecule has 0 spiro atoms. The molecule has 112 valence electrons. The highest BCUT2D eigenvalue weighted by Gasteiger charge is 2.24. The number of rotatable bonds is 4. The van der Waals surface area contributed by atoms with Gasteiger partial charge in [0.1, 0.15) is 5.82 Å². The van der Waals surface area contributed by atoms with Crippen LogP contribution in [-0.2, 0) is 4.74 Å². The Morgan fingerprint density at radius 2 is 2.20 bits per heavy atom. The summed E-state index contributed by atoms with van der Waals surface area (Å²) in [5, 5.41) is 10.8. The summed E-state index contributed by atoms with van der Waals surface area (Å²) < 4.78 is 5.52. The second kappa shape index (κ2) is 6.54. The first-order valence-electron chi connectivity index (χ1n) is 7.76. The summed E-state index contributed by atoms with van der Waals surface area (Å²) in [4.78, 5) is 6.99. The van der Waals surface area contributed by atoms with E-state index in [4.69, 9.17) is 9.72 Å². The van der Waals surface area contributed by atoms with Gasteiger partial charge in [0.15, 0.2) is 0 Å². The van der Waals surface area contributed by atoms with Gasteiger partial charge in [-0.05, 0) is 45.2 Å². The van der Waals surface area contributed by atoms with Crippen molar-refractivity contribution in [2.45, 2.75) is 31.6 Å². The fraction of sp³-hybridized carbons (Fsp3) is 0.857. The van der Waals surface area contributed by atoms with Gasteiger partial charge in [0.2, 0.25) is 5.95 Å². The molecule has 1 atom stereocenters. The van der Waals surface area contributed by atoms with E-state index in [0.717, 1.165) is 63.4 Å². The number of hydrogen-bond acceptors (Lipinski definition) is 5. The first-order valence-corrected chi connectivity index (χ1v) is 7.76. The van der Waals surface area contributed by atoms with E-state index >= 15 is 0 Å². The van der Waals surface area contributed by atoms with Crippen molar-refractivity contribution in [1.82, 2.24) is 20.5 Å². The zero-order chi connectivity index (χ0) is 13.8. The topological polar surface area (TPSA) is 66.1 Å². The van der Waals surface area contributed by atoms with Gasteiger partial charge >= 0.3 is 0 Å². The third-order valence-electron chi connectivity index (χ3n) is 4.43. The number of ether oxygens (including phenoxy) is 1. The second-order valence-corrected chi connectivity index (χ2v) is 5.92. The molecular weight excluding hydrogens is 254 g/mol. The standard InChI is InChI=1S/C14H25N5O/c1-15-9-11-4-6-19(7-5-11)14-16-13(17-18-14)12-3-2-8-20-10-12/h11-12,15H,2-10H2,1H3,(H,16,17,18). The van der Waals surface area contributed by atoms with Gasteiger partial charge in [-0.1, -0.05) is 0 Å². The van der Waals surface area contributed by atoms with Gasteiger partial charge in [-0.3, -0.25) is 5.10 Å². The van der Waals surface area contributed by atoms with Crippen LogP contribution in [0.4, 0.5) is 5.95 Å². The third-order valence-corrected chi connectivity index (χ3v) is 4.43. The number of aromatic nitrogens is 3. The average molecular weight is 279 g/mol. The molecule has 2 saturated heterocycles. The van der Waals surface area contributed by atoms with Crippen LogP contribution in [0.5, 0.6) is 0 Å². The lowest BCUT2D eigenvalue weighted by molar-refractivity contribution is 0.0781. The number of hydrogen-bond donors (Lipinski definition) is 2. The third kappa shape index (κ3) is 3.12. The summed E-state index contributed by atoms with van der Waals surface area (Å²) in [5.41, 5.74) is 0. The van der Waals surface area contributed by atoms with Crippen LogP contribution >= 0.6 is 0 Å². The molecule has 2 fully saturated rings. The van der Waals surface area contributed by atoms with Crippen molar-refractivity contribution in [3.63, 3.8) is 0 Å². The van der Waals surface area contributed by atoms with Crippen LogP contribution in [0.25, 0.3) is 0 Å². The normalized spacial score (nSPS) is 25.1.